The van der Waals surface area contributed by atoms with Crippen molar-refractivity contribution in [2.24, 2.45) is 0 Å². The zero-order valence-corrected chi connectivity index (χ0v) is 15.9. The molecule has 2 heterocycles. The Morgan fingerprint density at radius 2 is 1.63 bits per heavy atom. The Labute approximate surface area is 172 Å². The Morgan fingerprint density at radius 3 is 2.40 bits per heavy atom. The molecule has 1 amide bonds. The minimum absolute atomic E-state index is 0.0914. The maximum atomic E-state index is 13.9. The molecule has 0 saturated heterocycles. The number of nitrogens with zero attached hydrogens (tertiary/aromatic N) is 3. The molecule has 0 bridgehead atoms. The average molecular weight is 399 g/mol. The molecule has 0 spiro atoms. The van der Waals surface area contributed by atoms with Crippen molar-refractivity contribution in [1.29, 1.82) is 0 Å². The van der Waals surface area contributed by atoms with Crippen LogP contribution < -0.4 is 10.6 Å². The second kappa shape index (κ2) is 8.91. The Balaban J connectivity index is 1.64. The van der Waals surface area contributed by atoms with Gasteiger partial charge in [-0.2, -0.15) is 0 Å². The summed E-state index contributed by atoms with van der Waals surface area (Å²) in [5.41, 5.74) is 2.00. The predicted octanol–water partition coefficient (Wildman–Crippen LogP) is 4.54. The Kier molecular flexibility index (Phi) is 5.70. The summed E-state index contributed by atoms with van der Waals surface area (Å²) >= 11 is 0. The second-order valence-electron chi connectivity index (χ2n) is 6.47. The SMILES string of the molecule is O=C(Nc1ccccc1F)c1cc(NCc2ccncc2)nc(-c2ccccc2)n1. The molecular formula is C23H18FN5O. The predicted molar refractivity (Wildman–Crippen MR) is 113 cm³/mol. The third kappa shape index (κ3) is 4.64. The number of benzene rings is 2. The fourth-order valence-corrected chi connectivity index (χ4v) is 2.81. The van der Waals surface area contributed by atoms with Gasteiger partial charge in [0.1, 0.15) is 17.3 Å². The van der Waals surface area contributed by atoms with E-state index in [0.717, 1.165) is 11.1 Å². The van der Waals surface area contributed by atoms with E-state index in [1.54, 1.807) is 30.6 Å². The number of anilines is 2. The Morgan fingerprint density at radius 1 is 0.900 bits per heavy atom. The first-order valence-electron chi connectivity index (χ1n) is 9.32. The number of pyridine rings is 1. The van der Waals surface area contributed by atoms with Crippen LogP contribution in [0, 0.1) is 5.82 Å². The monoisotopic (exact) mass is 399 g/mol. The lowest BCUT2D eigenvalue weighted by atomic mass is 10.2. The first kappa shape index (κ1) is 19.2. The van der Waals surface area contributed by atoms with Crippen LogP contribution in [0.4, 0.5) is 15.9 Å². The maximum absolute atomic E-state index is 13.9. The van der Waals surface area contributed by atoms with Gasteiger partial charge < -0.3 is 10.6 Å². The molecule has 2 aromatic carbocycles. The number of hydrogen-bond donors (Lipinski definition) is 2. The third-order valence-electron chi connectivity index (χ3n) is 4.34. The van der Waals surface area contributed by atoms with Gasteiger partial charge in [0.15, 0.2) is 5.82 Å². The number of carbonyl (C=O) groups is 1. The van der Waals surface area contributed by atoms with E-state index in [4.69, 9.17) is 0 Å². The zero-order valence-electron chi connectivity index (χ0n) is 15.9. The van der Waals surface area contributed by atoms with Crippen molar-refractivity contribution in [3.05, 3.63) is 102 Å². The number of aromatic nitrogens is 3. The van der Waals surface area contributed by atoms with Gasteiger partial charge in [-0.25, -0.2) is 14.4 Å². The van der Waals surface area contributed by atoms with Gasteiger partial charge in [0.05, 0.1) is 5.69 Å². The summed E-state index contributed by atoms with van der Waals surface area (Å²) in [5, 5.41) is 5.77. The molecule has 0 atom stereocenters. The topological polar surface area (TPSA) is 79.8 Å². The molecule has 2 aromatic heterocycles. The van der Waals surface area contributed by atoms with Crippen molar-refractivity contribution in [1.82, 2.24) is 15.0 Å². The van der Waals surface area contributed by atoms with E-state index in [0.29, 0.717) is 18.2 Å². The molecule has 0 aliphatic carbocycles. The number of nitrogens with one attached hydrogen (secondary N) is 2. The van der Waals surface area contributed by atoms with Crippen LogP contribution >= 0.6 is 0 Å². The van der Waals surface area contributed by atoms with Gasteiger partial charge in [-0.3, -0.25) is 9.78 Å². The molecular weight excluding hydrogens is 381 g/mol. The van der Waals surface area contributed by atoms with E-state index in [9.17, 15) is 9.18 Å². The normalized spacial score (nSPS) is 10.4. The van der Waals surface area contributed by atoms with Crippen molar-refractivity contribution < 1.29 is 9.18 Å². The smallest absolute Gasteiger partial charge is 0.274 e. The molecule has 0 aliphatic rings. The van der Waals surface area contributed by atoms with Gasteiger partial charge >= 0.3 is 0 Å². The maximum Gasteiger partial charge on any atom is 0.274 e. The summed E-state index contributed by atoms with van der Waals surface area (Å²) in [6, 6.07) is 20.7. The lowest BCUT2D eigenvalue weighted by Crippen LogP contribution is -2.16. The summed E-state index contributed by atoms with van der Waals surface area (Å²) < 4.78 is 13.9. The van der Waals surface area contributed by atoms with Gasteiger partial charge in [-0.1, -0.05) is 42.5 Å². The third-order valence-corrected chi connectivity index (χ3v) is 4.34. The van der Waals surface area contributed by atoms with E-state index in [1.165, 1.54) is 12.1 Å². The van der Waals surface area contributed by atoms with Crippen LogP contribution in [-0.2, 0) is 6.54 Å². The van der Waals surface area contributed by atoms with E-state index in [-0.39, 0.29) is 11.4 Å². The number of para-hydroxylation sites is 1. The molecule has 4 aromatic rings. The van der Waals surface area contributed by atoms with Crippen molar-refractivity contribution in [3.63, 3.8) is 0 Å². The van der Waals surface area contributed by atoms with Crippen LogP contribution in [0.3, 0.4) is 0 Å². The summed E-state index contributed by atoms with van der Waals surface area (Å²) in [4.78, 5) is 25.7. The minimum atomic E-state index is -0.522. The number of hydrogen-bond acceptors (Lipinski definition) is 5. The fraction of sp³-hybridized carbons (Fsp3) is 0.0435. The minimum Gasteiger partial charge on any atom is -0.366 e. The van der Waals surface area contributed by atoms with Crippen LogP contribution in [0.1, 0.15) is 16.1 Å². The number of amides is 1. The van der Waals surface area contributed by atoms with Crippen LogP contribution in [0.2, 0.25) is 0 Å². The van der Waals surface area contributed by atoms with Crippen LogP contribution in [-0.4, -0.2) is 20.9 Å². The molecule has 4 rings (SSSR count). The van der Waals surface area contributed by atoms with Gasteiger partial charge in [-0.05, 0) is 29.8 Å². The highest BCUT2D eigenvalue weighted by Gasteiger charge is 2.15. The second-order valence-corrected chi connectivity index (χ2v) is 6.47. The van der Waals surface area contributed by atoms with E-state index in [2.05, 4.69) is 25.6 Å². The number of carbonyl (C=O) groups excluding carboxylic acids is 1. The van der Waals surface area contributed by atoms with Crippen LogP contribution in [0.25, 0.3) is 11.4 Å². The highest BCUT2D eigenvalue weighted by molar-refractivity contribution is 6.03. The lowest BCUT2D eigenvalue weighted by Gasteiger charge is -2.11. The lowest BCUT2D eigenvalue weighted by molar-refractivity contribution is 0.102. The Hall–Kier alpha value is -4.13. The summed E-state index contributed by atoms with van der Waals surface area (Å²) in [5.74, 6) is -0.153. The van der Waals surface area contributed by atoms with Crippen LogP contribution in [0.15, 0.2) is 85.2 Å². The molecule has 0 unspecified atom stereocenters. The largest absolute Gasteiger partial charge is 0.366 e. The quantitative estimate of drug-likeness (QED) is 0.498. The first-order valence-corrected chi connectivity index (χ1v) is 9.32. The number of halogens is 1. The van der Waals surface area contributed by atoms with E-state index >= 15 is 0 Å². The Bertz CT molecular complexity index is 1150. The molecule has 0 aliphatic heterocycles. The van der Waals surface area contributed by atoms with Gasteiger partial charge in [-0.15, -0.1) is 0 Å². The molecule has 0 saturated carbocycles. The van der Waals surface area contributed by atoms with Gasteiger partial charge in [0.2, 0.25) is 0 Å². The molecule has 0 fully saturated rings. The average Bonchev–Trinajstić information content (AvgIpc) is 2.80. The highest BCUT2D eigenvalue weighted by Crippen LogP contribution is 2.20. The first-order chi connectivity index (χ1) is 14.7. The van der Waals surface area contributed by atoms with Gasteiger partial charge in [0.25, 0.3) is 5.91 Å². The molecule has 0 radical (unpaired) electrons. The highest BCUT2D eigenvalue weighted by atomic mass is 19.1. The summed E-state index contributed by atoms with van der Waals surface area (Å²) in [6.07, 6.45) is 3.42. The number of rotatable bonds is 6. The van der Waals surface area contributed by atoms with Crippen molar-refractivity contribution in [2.45, 2.75) is 6.54 Å². The van der Waals surface area contributed by atoms with E-state index in [1.807, 2.05) is 42.5 Å². The zero-order chi connectivity index (χ0) is 20.8. The fourth-order valence-electron chi connectivity index (χ4n) is 2.81. The van der Waals surface area contributed by atoms with Crippen molar-refractivity contribution in [2.75, 3.05) is 10.6 Å². The van der Waals surface area contributed by atoms with Crippen molar-refractivity contribution >= 4 is 17.4 Å². The molecule has 30 heavy (non-hydrogen) atoms. The molecule has 7 heteroatoms. The summed E-state index contributed by atoms with van der Waals surface area (Å²) in [7, 11) is 0. The molecule has 148 valence electrons. The van der Waals surface area contributed by atoms with Crippen LogP contribution in [0.5, 0.6) is 0 Å². The van der Waals surface area contributed by atoms with Crippen molar-refractivity contribution in [3.8, 4) is 11.4 Å². The molecule has 6 nitrogen and oxygen atoms in total. The van der Waals surface area contributed by atoms with E-state index < -0.39 is 11.7 Å². The summed E-state index contributed by atoms with van der Waals surface area (Å²) in [6.45, 7) is 0.502. The van der Waals surface area contributed by atoms with Gasteiger partial charge in [0, 0.05) is 30.6 Å². The standard InChI is InChI=1S/C23H18FN5O/c24-18-8-4-5-9-19(18)28-23(30)20-14-21(26-15-16-10-12-25-13-11-16)29-22(27-20)17-6-2-1-3-7-17/h1-14H,15H2,(H,28,30)(H,26,27,29). The molecule has 2 N–H and O–H groups in total.